The summed E-state index contributed by atoms with van der Waals surface area (Å²) in [5.74, 6) is -0.731. The lowest BCUT2D eigenvalue weighted by Crippen LogP contribution is -2.52. The maximum Gasteiger partial charge on any atom is 0.359 e. The number of carboxylic acid groups (broad SMARTS) is 1. The number of unbranched alkanes of at least 4 members (excludes halogenated alkanes) is 16. The third-order valence-electron chi connectivity index (χ3n) is 6.24. The molecule has 0 fully saturated rings. The molecule has 0 aliphatic heterocycles. The number of quaternary nitrogens is 1. The van der Waals surface area contributed by atoms with Crippen LogP contribution >= 0.6 is 0 Å². The van der Waals surface area contributed by atoms with Crippen LogP contribution < -0.4 is 0 Å². The Bertz CT molecular complexity index is 409. The van der Waals surface area contributed by atoms with Gasteiger partial charge < -0.3 is 9.59 Å². The van der Waals surface area contributed by atoms with Gasteiger partial charge in [0.1, 0.15) is 0 Å². The topological polar surface area (TPSA) is 37.3 Å². The smallest absolute Gasteiger partial charge is 0.359 e. The number of rotatable bonds is 24. The van der Waals surface area contributed by atoms with Crippen molar-refractivity contribution >= 4 is 5.97 Å². The monoisotopic (exact) mass is 422 g/mol. The molecule has 0 saturated carbocycles. The predicted molar refractivity (Wildman–Crippen MR) is 132 cm³/mol. The van der Waals surface area contributed by atoms with Gasteiger partial charge in [0.25, 0.3) is 0 Å². The Morgan fingerprint density at radius 3 is 1.30 bits per heavy atom. The molecule has 0 radical (unpaired) electrons. The minimum atomic E-state index is -0.731. The molecule has 0 aliphatic rings. The normalized spacial score (nSPS) is 11.5. The molecule has 0 rings (SSSR count). The number of carbonyl (C=O) groups is 1. The van der Waals surface area contributed by atoms with Crippen LogP contribution in [0.25, 0.3) is 0 Å². The average Bonchev–Trinajstić information content (AvgIpc) is 2.70. The molecule has 0 bridgehead atoms. The van der Waals surface area contributed by atoms with E-state index >= 15 is 0 Å². The standard InChI is InChI=1S/C27H51NO2/c1-4-7-8-9-10-11-12-13-14-15-16-17-18-19-20-21-22-25-28(23-5-2,24-6-3)26-27(29)30/h5-6H,2-4,7-26H2,1H3/p+1. The fraction of sp³-hybridized carbons (Fsp3) is 0.815. The minimum Gasteiger partial charge on any atom is -0.477 e. The Balaban J connectivity index is 3.56. The molecule has 0 aromatic carbocycles. The largest absolute Gasteiger partial charge is 0.477 e. The Labute approximate surface area is 188 Å². The van der Waals surface area contributed by atoms with E-state index in [0.717, 1.165) is 13.0 Å². The van der Waals surface area contributed by atoms with Crippen LogP contribution in [0.4, 0.5) is 0 Å². The van der Waals surface area contributed by atoms with Gasteiger partial charge >= 0.3 is 5.97 Å². The van der Waals surface area contributed by atoms with E-state index in [-0.39, 0.29) is 6.54 Å². The summed E-state index contributed by atoms with van der Waals surface area (Å²) in [7, 11) is 0. The van der Waals surface area contributed by atoms with E-state index in [1.807, 2.05) is 12.2 Å². The fourth-order valence-electron chi connectivity index (χ4n) is 4.47. The van der Waals surface area contributed by atoms with E-state index < -0.39 is 5.97 Å². The molecule has 3 nitrogen and oxygen atoms in total. The first-order valence-electron chi connectivity index (χ1n) is 12.9. The van der Waals surface area contributed by atoms with Crippen molar-refractivity contribution in [2.75, 3.05) is 26.2 Å². The summed E-state index contributed by atoms with van der Waals surface area (Å²) in [4.78, 5) is 11.3. The number of nitrogens with zero attached hydrogens (tertiary/aromatic N) is 1. The van der Waals surface area contributed by atoms with Gasteiger partial charge in [0, 0.05) is 0 Å². The Morgan fingerprint density at radius 2 is 1.00 bits per heavy atom. The van der Waals surface area contributed by atoms with Gasteiger partial charge in [-0.05, 0) is 25.0 Å². The van der Waals surface area contributed by atoms with Gasteiger partial charge in [0.05, 0.1) is 19.6 Å². The predicted octanol–water partition coefficient (Wildman–Crippen LogP) is 7.91. The lowest BCUT2D eigenvalue weighted by atomic mass is 10.0. The van der Waals surface area contributed by atoms with E-state index in [2.05, 4.69) is 20.1 Å². The summed E-state index contributed by atoms with van der Waals surface area (Å²) in [5, 5.41) is 9.26. The van der Waals surface area contributed by atoms with Crippen LogP contribution in [0.15, 0.2) is 25.3 Å². The highest BCUT2D eigenvalue weighted by atomic mass is 16.4. The second-order valence-electron chi connectivity index (χ2n) is 9.22. The lowest BCUT2D eigenvalue weighted by Gasteiger charge is -2.35. The molecule has 0 unspecified atom stereocenters. The molecule has 0 saturated heterocycles. The molecule has 0 atom stereocenters. The van der Waals surface area contributed by atoms with Crippen molar-refractivity contribution in [3.8, 4) is 0 Å². The molecule has 30 heavy (non-hydrogen) atoms. The summed E-state index contributed by atoms with van der Waals surface area (Å²) in [6, 6.07) is 0. The SMILES string of the molecule is C=CC[N+](CC=C)(CCCCCCCCCCCCCCCCCCC)CC(=O)O. The first-order valence-corrected chi connectivity index (χ1v) is 12.9. The summed E-state index contributed by atoms with van der Waals surface area (Å²) in [6.45, 7) is 12.4. The van der Waals surface area contributed by atoms with E-state index in [1.54, 1.807) is 0 Å². The van der Waals surface area contributed by atoms with Gasteiger partial charge in [0.2, 0.25) is 0 Å². The highest BCUT2D eigenvalue weighted by Crippen LogP contribution is 2.15. The zero-order valence-corrected chi connectivity index (χ0v) is 20.2. The van der Waals surface area contributed by atoms with Crippen LogP contribution in [0.3, 0.4) is 0 Å². The van der Waals surface area contributed by atoms with E-state index in [4.69, 9.17) is 0 Å². The quantitative estimate of drug-likeness (QED) is 0.0974. The van der Waals surface area contributed by atoms with E-state index in [9.17, 15) is 9.90 Å². The maximum absolute atomic E-state index is 11.3. The summed E-state index contributed by atoms with van der Waals surface area (Å²) in [6.07, 6.45) is 26.9. The molecule has 176 valence electrons. The third-order valence-corrected chi connectivity index (χ3v) is 6.24. The molecule has 0 aromatic rings. The summed E-state index contributed by atoms with van der Waals surface area (Å²) in [5.41, 5.74) is 0. The van der Waals surface area contributed by atoms with Gasteiger partial charge in [-0.3, -0.25) is 0 Å². The summed E-state index contributed by atoms with van der Waals surface area (Å²) < 4.78 is 0.557. The number of aliphatic carboxylic acids is 1. The van der Waals surface area contributed by atoms with E-state index in [0.29, 0.717) is 17.6 Å². The number of hydrogen-bond donors (Lipinski definition) is 1. The van der Waals surface area contributed by atoms with Gasteiger partial charge in [0.15, 0.2) is 6.54 Å². The molecule has 0 spiro atoms. The maximum atomic E-state index is 11.3. The van der Waals surface area contributed by atoms with Crippen LogP contribution in [0, 0.1) is 0 Å². The Morgan fingerprint density at radius 1 is 0.667 bits per heavy atom. The molecule has 0 aliphatic carbocycles. The van der Waals surface area contributed by atoms with Crippen molar-refractivity contribution in [1.29, 1.82) is 0 Å². The van der Waals surface area contributed by atoms with Crippen LogP contribution in [0.5, 0.6) is 0 Å². The average molecular weight is 423 g/mol. The van der Waals surface area contributed by atoms with Crippen LogP contribution in [0.1, 0.15) is 116 Å². The molecule has 0 amide bonds. The van der Waals surface area contributed by atoms with E-state index in [1.165, 1.54) is 103 Å². The second-order valence-corrected chi connectivity index (χ2v) is 9.22. The van der Waals surface area contributed by atoms with Crippen molar-refractivity contribution < 1.29 is 14.4 Å². The van der Waals surface area contributed by atoms with Crippen molar-refractivity contribution in [2.45, 2.75) is 116 Å². The highest BCUT2D eigenvalue weighted by Gasteiger charge is 2.27. The number of hydrogen-bond acceptors (Lipinski definition) is 1. The van der Waals surface area contributed by atoms with Crippen molar-refractivity contribution in [2.24, 2.45) is 0 Å². The number of carboxylic acids is 1. The summed E-state index contributed by atoms with van der Waals surface area (Å²) >= 11 is 0. The first kappa shape index (κ1) is 28.9. The molecule has 1 N–H and O–H groups in total. The van der Waals surface area contributed by atoms with Gasteiger partial charge in [-0.2, -0.15) is 0 Å². The van der Waals surface area contributed by atoms with Crippen molar-refractivity contribution in [3.05, 3.63) is 25.3 Å². The zero-order valence-electron chi connectivity index (χ0n) is 20.2. The second kappa shape index (κ2) is 21.2. The third kappa shape index (κ3) is 17.7. The molecule has 0 heterocycles. The van der Waals surface area contributed by atoms with Gasteiger partial charge in [-0.15, -0.1) is 0 Å². The Hall–Kier alpha value is -1.09. The van der Waals surface area contributed by atoms with Crippen LogP contribution in [-0.4, -0.2) is 41.7 Å². The Kier molecular flexibility index (Phi) is 20.4. The van der Waals surface area contributed by atoms with Crippen molar-refractivity contribution in [3.63, 3.8) is 0 Å². The molecule has 0 aromatic heterocycles. The molecule has 3 heteroatoms. The first-order chi connectivity index (χ1) is 14.6. The van der Waals surface area contributed by atoms with Crippen LogP contribution in [0.2, 0.25) is 0 Å². The van der Waals surface area contributed by atoms with Gasteiger partial charge in [-0.1, -0.05) is 116 Å². The minimum absolute atomic E-state index is 0.164. The van der Waals surface area contributed by atoms with Gasteiger partial charge in [-0.25, -0.2) is 4.79 Å². The lowest BCUT2D eigenvalue weighted by molar-refractivity contribution is -0.910. The zero-order chi connectivity index (χ0) is 22.3. The molecular formula is C27H52NO2+. The molecular weight excluding hydrogens is 370 g/mol. The van der Waals surface area contributed by atoms with Crippen molar-refractivity contribution in [1.82, 2.24) is 0 Å². The van der Waals surface area contributed by atoms with Crippen LogP contribution in [-0.2, 0) is 4.79 Å². The highest BCUT2D eigenvalue weighted by molar-refractivity contribution is 5.68. The fourth-order valence-corrected chi connectivity index (χ4v) is 4.47.